The molecule has 1 amide bonds. The lowest BCUT2D eigenvalue weighted by atomic mass is 10.0. The molecule has 0 spiro atoms. The van der Waals surface area contributed by atoms with Gasteiger partial charge in [0, 0.05) is 32.1 Å². The highest BCUT2D eigenvalue weighted by Crippen LogP contribution is 2.21. The van der Waals surface area contributed by atoms with Crippen molar-refractivity contribution >= 4 is 12.0 Å². The quantitative estimate of drug-likeness (QED) is 0.846. The summed E-state index contributed by atoms with van der Waals surface area (Å²) in [5, 5.41) is 0. The van der Waals surface area contributed by atoms with Crippen molar-refractivity contribution in [2.45, 2.75) is 31.7 Å². The molecule has 3 rings (SSSR count). The van der Waals surface area contributed by atoms with Crippen LogP contribution in [0.25, 0.3) is 6.08 Å². The third kappa shape index (κ3) is 3.12. The monoisotopic (exact) mass is 274 g/mol. The molecule has 2 fully saturated rings. The number of carbonyl (C=O) groups is 1. The normalized spacial score (nSPS) is 24.9. The molecule has 0 saturated carbocycles. The summed E-state index contributed by atoms with van der Waals surface area (Å²) in [6.07, 6.45) is 9.98. The molecular formula is C16H22N2O2. The maximum atomic E-state index is 11.8. The smallest absolute Gasteiger partial charge is 0.222 e. The molecule has 0 N–H and O–H groups in total. The van der Waals surface area contributed by atoms with E-state index >= 15 is 0 Å². The second kappa shape index (κ2) is 6.27. The van der Waals surface area contributed by atoms with Crippen LogP contribution in [0.1, 0.15) is 31.4 Å². The Hall–Kier alpha value is -1.55. The number of rotatable bonds is 4. The molecule has 0 aromatic carbocycles. The predicted octanol–water partition coefficient (Wildman–Crippen LogP) is 2.38. The first-order chi connectivity index (χ1) is 9.83. The van der Waals surface area contributed by atoms with Crippen LogP contribution in [0.5, 0.6) is 0 Å². The van der Waals surface area contributed by atoms with Gasteiger partial charge in [0.05, 0.1) is 6.26 Å². The van der Waals surface area contributed by atoms with E-state index in [0.717, 1.165) is 51.2 Å². The molecule has 1 aromatic rings. The van der Waals surface area contributed by atoms with Crippen molar-refractivity contribution in [2.75, 3.05) is 26.2 Å². The first-order valence-corrected chi connectivity index (χ1v) is 7.55. The van der Waals surface area contributed by atoms with Gasteiger partial charge in [0.25, 0.3) is 0 Å². The van der Waals surface area contributed by atoms with Crippen LogP contribution in [0, 0.1) is 0 Å². The molecular weight excluding hydrogens is 252 g/mol. The van der Waals surface area contributed by atoms with Crippen molar-refractivity contribution in [3.05, 3.63) is 30.2 Å². The lowest BCUT2D eigenvalue weighted by Crippen LogP contribution is -2.48. The van der Waals surface area contributed by atoms with Crippen molar-refractivity contribution in [3.63, 3.8) is 0 Å². The number of hydrogen-bond acceptors (Lipinski definition) is 3. The van der Waals surface area contributed by atoms with Gasteiger partial charge in [-0.1, -0.05) is 6.08 Å². The zero-order valence-corrected chi connectivity index (χ0v) is 11.8. The van der Waals surface area contributed by atoms with E-state index < -0.39 is 0 Å². The van der Waals surface area contributed by atoms with E-state index in [4.69, 9.17) is 4.42 Å². The number of furan rings is 1. The summed E-state index contributed by atoms with van der Waals surface area (Å²) in [5.74, 6) is 1.25. The summed E-state index contributed by atoms with van der Waals surface area (Å²) in [4.78, 5) is 16.4. The van der Waals surface area contributed by atoms with Gasteiger partial charge < -0.3 is 9.32 Å². The minimum Gasteiger partial charge on any atom is -0.465 e. The molecule has 2 aliphatic rings. The molecule has 1 aromatic heterocycles. The number of piperidine rings is 1. The van der Waals surface area contributed by atoms with E-state index in [9.17, 15) is 4.79 Å². The number of nitrogens with zero attached hydrogens (tertiary/aromatic N) is 2. The average Bonchev–Trinajstić information content (AvgIpc) is 3.11. The first kappa shape index (κ1) is 13.4. The molecule has 108 valence electrons. The number of hydrogen-bond donors (Lipinski definition) is 0. The van der Waals surface area contributed by atoms with E-state index in [2.05, 4.69) is 15.9 Å². The summed E-state index contributed by atoms with van der Waals surface area (Å²) >= 11 is 0. The number of carbonyl (C=O) groups excluding carboxylic acids is 1. The van der Waals surface area contributed by atoms with E-state index in [0.29, 0.717) is 11.9 Å². The standard InChI is InChI=1S/C16H22N2O2/c19-16-8-3-11-18(16)14-5-1-9-17(13-14)10-2-6-15-7-4-12-20-15/h2,4,6-7,12,14H,1,3,5,8-11,13H2. The summed E-state index contributed by atoms with van der Waals surface area (Å²) in [6.45, 7) is 4.02. The second-order valence-electron chi connectivity index (χ2n) is 5.66. The Balaban J connectivity index is 1.51. The van der Waals surface area contributed by atoms with Crippen LogP contribution >= 0.6 is 0 Å². The highest BCUT2D eigenvalue weighted by atomic mass is 16.3. The average molecular weight is 274 g/mol. The zero-order chi connectivity index (χ0) is 13.8. The highest BCUT2D eigenvalue weighted by Gasteiger charge is 2.30. The summed E-state index contributed by atoms with van der Waals surface area (Å²) in [5.41, 5.74) is 0. The molecule has 1 unspecified atom stereocenters. The molecule has 0 bridgehead atoms. The summed E-state index contributed by atoms with van der Waals surface area (Å²) in [6, 6.07) is 4.28. The van der Waals surface area contributed by atoms with E-state index in [1.807, 2.05) is 18.2 Å². The Bertz CT molecular complexity index is 467. The van der Waals surface area contributed by atoms with Crippen LogP contribution < -0.4 is 0 Å². The maximum Gasteiger partial charge on any atom is 0.222 e. The third-order valence-corrected chi connectivity index (χ3v) is 4.22. The largest absolute Gasteiger partial charge is 0.465 e. The van der Waals surface area contributed by atoms with Gasteiger partial charge in [-0.05, 0) is 44.0 Å². The van der Waals surface area contributed by atoms with Gasteiger partial charge in [-0.3, -0.25) is 9.69 Å². The minimum absolute atomic E-state index is 0.350. The molecule has 20 heavy (non-hydrogen) atoms. The van der Waals surface area contributed by atoms with Crippen molar-refractivity contribution in [2.24, 2.45) is 0 Å². The predicted molar refractivity (Wildman–Crippen MR) is 78.2 cm³/mol. The van der Waals surface area contributed by atoms with Gasteiger partial charge in [0.15, 0.2) is 0 Å². The summed E-state index contributed by atoms with van der Waals surface area (Å²) < 4.78 is 5.28. The molecule has 0 radical (unpaired) electrons. The van der Waals surface area contributed by atoms with Gasteiger partial charge in [-0.2, -0.15) is 0 Å². The van der Waals surface area contributed by atoms with Crippen molar-refractivity contribution in [1.29, 1.82) is 0 Å². The Morgan fingerprint density at radius 2 is 2.30 bits per heavy atom. The first-order valence-electron chi connectivity index (χ1n) is 7.55. The molecule has 2 aliphatic heterocycles. The Morgan fingerprint density at radius 1 is 1.35 bits per heavy atom. The second-order valence-corrected chi connectivity index (χ2v) is 5.66. The molecule has 4 nitrogen and oxygen atoms in total. The van der Waals surface area contributed by atoms with Crippen LogP contribution in [0.3, 0.4) is 0 Å². The highest BCUT2D eigenvalue weighted by molar-refractivity contribution is 5.78. The zero-order valence-electron chi connectivity index (χ0n) is 11.8. The van der Waals surface area contributed by atoms with Crippen molar-refractivity contribution in [3.8, 4) is 0 Å². The number of amides is 1. The lowest BCUT2D eigenvalue weighted by Gasteiger charge is -2.37. The SMILES string of the molecule is O=C1CCCN1C1CCCN(CC=Cc2ccco2)C1. The van der Waals surface area contributed by atoms with Crippen molar-refractivity contribution in [1.82, 2.24) is 9.80 Å². The molecule has 4 heteroatoms. The summed E-state index contributed by atoms with van der Waals surface area (Å²) in [7, 11) is 0. The maximum absolute atomic E-state index is 11.8. The van der Waals surface area contributed by atoms with Crippen LogP contribution in [-0.4, -0.2) is 47.9 Å². The molecule has 0 aliphatic carbocycles. The lowest BCUT2D eigenvalue weighted by molar-refractivity contribution is -0.130. The van der Waals surface area contributed by atoms with Gasteiger partial charge in [0.2, 0.25) is 5.91 Å². The van der Waals surface area contributed by atoms with E-state index in [1.54, 1.807) is 6.26 Å². The van der Waals surface area contributed by atoms with Crippen LogP contribution in [0.2, 0.25) is 0 Å². The van der Waals surface area contributed by atoms with Crippen molar-refractivity contribution < 1.29 is 9.21 Å². The fourth-order valence-electron chi connectivity index (χ4n) is 3.21. The van der Waals surface area contributed by atoms with E-state index in [-0.39, 0.29) is 0 Å². The van der Waals surface area contributed by atoms with Gasteiger partial charge in [-0.15, -0.1) is 0 Å². The third-order valence-electron chi connectivity index (χ3n) is 4.22. The van der Waals surface area contributed by atoms with Gasteiger partial charge >= 0.3 is 0 Å². The fourth-order valence-corrected chi connectivity index (χ4v) is 3.21. The van der Waals surface area contributed by atoms with Crippen LogP contribution in [0.15, 0.2) is 28.9 Å². The topological polar surface area (TPSA) is 36.7 Å². The Labute approximate surface area is 120 Å². The van der Waals surface area contributed by atoms with Gasteiger partial charge in [0.1, 0.15) is 5.76 Å². The van der Waals surface area contributed by atoms with Gasteiger partial charge in [-0.25, -0.2) is 0 Å². The fraction of sp³-hybridized carbons (Fsp3) is 0.562. The van der Waals surface area contributed by atoms with Crippen LogP contribution in [0.4, 0.5) is 0 Å². The molecule has 3 heterocycles. The minimum atomic E-state index is 0.350. The Morgan fingerprint density at radius 3 is 3.05 bits per heavy atom. The molecule has 2 saturated heterocycles. The number of likely N-dealkylation sites (tertiary alicyclic amines) is 2. The Kier molecular flexibility index (Phi) is 4.21. The van der Waals surface area contributed by atoms with E-state index in [1.165, 1.54) is 6.42 Å². The molecule has 1 atom stereocenters. The van der Waals surface area contributed by atoms with Crippen LogP contribution in [-0.2, 0) is 4.79 Å².